The summed E-state index contributed by atoms with van der Waals surface area (Å²) in [6, 6.07) is 1.62. The monoisotopic (exact) mass is 262 g/mol. The maximum Gasteiger partial charge on any atom is 0.270 e. The first-order valence-corrected chi connectivity index (χ1v) is 6.70. The Bertz CT molecular complexity index is 414. The van der Waals surface area contributed by atoms with E-state index >= 15 is 0 Å². The lowest BCUT2D eigenvalue weighted by Crippen LogP contribution is -2.29. The van der Waals surface area contributed by atoms with E-state index in [0.29, 0.717) is 18.2 Å². The van der Waals surface area contributed by atoms with Crippen LogP contribution in [0.2, 0.25) is 0 Å². The van der Waals surface area contributed by atoms with Crippen molar-refractivity contribution in [1.29, 1.82) is 0 Å². The maximum atomic E-state index is 11.8. The van der Waals surface area contributed by atoms with Crippen molar-refractivity contribution in [3.05, 3.63) is 30.6 Å². The second-order valence-electron chi connectivity index (χ2n) is 4.23. The molecule has 1 aromatic heterocycles. The van der Waals surface area contributed by atoms with E-state index in [9.17, 15) is 4.79 Å². The molecule has 5 nitrogen and oxygen atoms in total. The number of carbonyl (C=O) groups excluding carboxylic acids is 1. The minimum absolute atomic E-state index is 0.198. The highest BCUT2D eigenvalue weighted by molar-refractivity contribution is 5.92. The molecule has 1 N–H and O–H groups in total. The number of amides is 1. The predicted octanol–water partition coefficient (Wildman–Crippen LogP) is 2.02. The van der Waals surface area contributed by atoms with Crippen LogP contribution in [-0.4, -0.2) is 35.5 Å². The van der Waals surface area contributed by atoms with Crippen LogP contribution in [0.5, 0.6) is 0 Å². The molecule has 0 aliphatic carbocycles. The van der Waals surface area contributed by atoms with Gasteiger partial charge in [-0.05, 0) is 18.9 Å². The summed E-state index contributed by atoms with van der Waals surface area (Å²) in [7, 11) is 0. The number of hydrogen-bond donors (Lipinski definition) is 1. The summed E-state index contributed by atoms with van der Waals surface area (Å²) in [6.45, 7) is 10.0. The summed E-state index contributed by atoms with van der Waals surface area (Å²) in [4.78, 5) is 22.5. The van der Waals surface area contributed by atoms with E-state index in [4.69, 9.17) is 0 Å². The molecule has 19 heavy (non-hydrogen) atoms. The molecule has 104 valence electrons. The van der Waals surface area contributed by atoms with Crippen LogP contribution < -0.4 is 10.2 Å². The van der Waals surface area contributed by atoms with Gasteiger partial charge in [-0.15, -0.1) is 6.58 Å². The Morgan fingerprint density at radius 3 is 2.68 bits per heavy atom. The second kappa shape index (κ2) is 8.24. The first-order valence-electron chi connectivity index (χ1n) is 6.70. The van der Waals surface area contributed by atoms with E-state index in [1.54, 1.807) is 18.3 Å². The molecule has 5 heteroatoms. The topological polar surface area (TPSA) is 58.1 Å². The highest BCUT2D eigenvalue weighted by Gasteiger charge is 2.11. The van der Waals surface area contributed by atoms with Crippen molar-refractivity contribution in [2.24, 2.45) is 0 Å². The van der Waals surface area contributed by atoms with Crippen molar-refractivity contribution in [3.63, 3.8) is 0 Å². The average Bonchev–Trinajstić information content (AvgIpc) is 2.44. The largest absolute Gasteiger partial charge is 0.347 e. The lowest BCUT2D eigenvalue weighted by Gasteiger charge is -2.21. The van der Waals surface area contributed by atoms with Gasteiger partial charge in [-0.3, -0.25) is 4.79 Å². The molecule has 0 fully saturated rings. The number of nitrogens with zero attached hydrogens (tertiary/aromatic N) is 3. The number of aromatic nitrogens is 2. The van der Waals surface area contributed by atoms with Gasteiger partial charge in [-0.2, -0.15) is 0 Å². The van der Waals surface area contributed by atoms with Crippen molar-refractivity contribution in [1.82, 2.24) is 15.3 Å². The van der Waals surface area contributed by atoms with Gasteiger partial charge in [0, 0.05) is 25.8 Å². The molecule has 1 aromatic rings. The fraction of sp³-hybridized carbons (Fsp3) is 0.500. The number of anilines is 1. The summed E-state index contributed by atoms with van der Waals surface area (Å²) < 4.78 is 0. The molecular weight excluding hydrogens is 240 g/mol. The van der Waals surface area contributed by atoms with Crippen LogP contribution in [0, 0.1) is 0 Å². The van der Waals surface area contributed by atoms with Gasteiger partial charge in [0.2, 0.25) is 5.95 Å². The molecular formula is C14H22N4O. The third-order valence-electron chi connectivity index (χ3n) is 2.55. The molecule has 0 radical (unpaired) electrons. The van der Waals surface area contributed by atoms with Crippen LogP contribution in [0.1, 0.15) is 37.2 Å². The van der Waals surface area contributed by atoms with Crippen molar-refractivity contribution >= 4 is 11.9 Å². The fourth-order valence-corrected chi connectivity index (χ4v) is 1.73. The van der Waals surface area contributed by atoms with Crippen LogP contribution >= 0.6 is 0 Å². The Kier molecular flexibility index (Phi) is 6.57. The van der Waals surface area contributed by atoms with Gasteiger partial charge in [0.1, 0.15) is 5.69 Å². The van der Waals surface area contributed by atoms with Crippen LogP contribution in [0.3, 0.4) is 0 Å². The Hall–Kier alpha value is -1.91. The number of rotatable bonds is 8. The molecule has 0 aromatic carbocycles. The Morgan fingerprint density at radius 1 is 1.42 bits per heavy atom. The molecule has 0 saturated heterocycles. The second-order valence-corrected chi connectivity index (χ2v) is 4.23. The standard InChI is InChI=1S/C14H22N4O/c1-4-8-15-13(19)12-7-9-16-14(17-12)18(10-5-2)11-6-3/h4,7,9H,1,5-6,8,10-11H2,2-3H3,(H,15,19). The highest BCUT2D eigenvalue weighted by atomic mass is 16.1. The normalized spacial score (nSPS) is 10.0. The molecule has 0 aliphatic rings. The Morgan fingerprint density at radius 2 is 2.11 bits per heavy atom. The van der Waals surface area contributed by atoms with Gasteiger partial charge in [-0.1, -0.05) is 19.9 Å². The quantitative estimate of drug-likeness (QED) is 0.728. The SMILES string of the molecule is C=CCNC(=O)c1ccnc(N(CCC)CCC)n1. The smallest absolute Gasteiger partial charge is 0.270 e. The van der Waals surface area contributed by atoms with E-state index in [1.807, 2.05) is 0 Å². The molecule has 0 atom stereocenters. The first kappa shape index (κ1) is 15.1. The minimum Gasteiger partial charge on any atom is -0.347 e. The zero-order valence-electron chi connectivity index (χ0n) is 11.7. The molecule has 1 heterocycles. The zero-order chi connectivity index (χ0) is 14.1. The predicted molar refractivity (Wildman–Crippen MR) is 77.4 cm³/mol. The number of nitrogens with one attached hydrogen (secondary N) is 1. The zero-order valence-corrected chi connectivity index (χ0v) is 11.7. The van der Waals surface area contributed by atoms with Gasteiger partial charge >= 0.3 is 0 Å². The van der Waals surface area contributed by atoms with Gasteiger partial charge < -0.3 is 10.2 Å². The van der Waals surface area contributed by atoms with E-state index in [2.05, 4.69) is 40.6 Å². The minimum atomic E-state index is -0.198. The maximum absolute atomic E-state index is 11.8. The summed E-state index contributed by atoms with van der Waals surface area (Å²) >= 11 is 0. The number of carbonyl (C=O) groups is 1. The lowest BCUT2D eigenvalue weighted by molar-refractivity contribution is 0.0953. The third kappa shape index (κ3) is 4.69. The van der Waals surface area contributed by atoms with Crippen molar-refractivity contribution in [2.75, 3.05) is 24.5 Å². The average molecular weight is 262 g/mol. The summed E-state index contributed by atoms with van der Waals surface area (Å²) in [6.07, 6.45) is 5.32. The van der Waals surface area contributed by atoms with E-state index in [1.165, 1.54) is 0 Å². The molecule has 0 bridgehead atoms. The Balaban J connectivity index is 2.84. The number of hydrogen-bond acceptors (Lipinski definition) is 4. The van der Waals surface area contributed by atoms with Crippen LogP contribution in [0.15, 0.2) is 24.9 Å². The van der Waals surface area contributed by atoms with E-state index in [-0.39, 0.29) is 5.91 Å². The van der Waals surface area contributed by atoms with Crippen molar-refractivity contribution in [2.45, 2.75) is 26.7 Å². The van der Waals surface area contributed by atoms with Crippen LogP contribution in [-0.2, 0) is 0 Å². The molecule has 0 spiro atoms. The third-order valence-corrected chi connectivity index (χ3v) is 2.55. The summed E-state index contributed by atoms with van der Waals surface area (Å²) in [5, 5.41) is 2.71. The van der Waals surface area contributed by atoms with Crippen LogP contribution in [0.25, 0.3) is 0 Å². The lowest BCUT2D eigenvalue weighted by atomic mass is 10.3. The highest BCUT2D eigenvalue weighted by Crippen LogP contribution is 2.09. The molecule has 1 rings (SSSR count). The summed E-state index contributed by atoms with van der Waals surface area (Å²) in [5.74, 6) is 0.423. The summed E-state index contributed by atoms with van der Waals surface area (Å²) in [5.41, 5.74) is 0.393. The van der Waals surface area contributed by atoms with Crippen molar-refractivity contribution < 1.29 is 4.79 Å². The molecule has 0 aliphatic heterocycles. The van der Waals surface area contributed by atoms with Gasteiger partial charge in [0.05, 0.1) is 0 Å². The van der Waals surface area contributed by atoms with Crippen LogP contribution in [0.4, 0.5) is 5.95 Å². The van der Waals surface area contributed by atoms with Gasteiger partial charge in [0.25, 0.3) is 5.91 Å². The van der Waals surface area contributed by atoms with E-state index < -0.39 is 0 Å². The fourth-order valence-electron chi connectivity index (χ4n) is 1.73. The first-order chi connectivity index (χ1) is 9.22. The van der Waals surface area contributed by atoms with Gasteiger partial charge in [0.15, 0.2) is 0 Å². The van der Waals surface area contributed by atoms with Crippen molar-refractivity contribution in [3.8, 4) is 0 Å². The van der Waals surface area contributed by atoms with E-state index in [0.717, 1.165) is 25.9 Å². The molecule has 1 amide bonds. The molecule has 0 unspecified atom stereocenters. The van der Waals surface area contributed by atoms with Gasteiger partial charge in [-0.25, -0.2) is 9.97 Å². The Labute approximate surface area is 114 Å². The molecule has 0 saturated carbocycles.